The minimum absolute atomic E-state index is 0.373. The van der Waals surface area contributed by atoms with Crippen LogP contribution in [0.4, 0.5) is 5.82 Å². The normalized spacial score (nSPS) is 10.7. The van der Waals surface area contributed by atoms with Gasteiger partial charge in [0.25, 0.3) is 0 Å². The molecule has 0 aliphatic heterocycles. The van der Waals surface area contributed by atoms with Crippen LogP contribution in [0.25, 0.3) is 5.69 Å². The molecule has 20 heavy (non-hydrogen) atoms. The topological polar surface area (TPSA) is 63.2 Å². The van der Waals surface area contributed by atoms with Crippen LogP contribution in [0.15, 0.2) is 29.4 Å². The van der Waals surface area contributed by atoms with Gasteiger partial charge in [-0.2, -0.15) is 15.4 Å². The molecular formula is C14H13ClN4O. The van der Waals surface area contributed by atoms with E-state index in [9.17, 15) is 0 Å². The van der Waals surface area contributed by atoms with Gasteiger partial charge >= 0.3 is 0 Å². The summed E-state index contributed by atoms with van der Waals surface area (Å²) in [5, 5.41) is 13.9. The van der Waals surface area contributed by atoms with E-state index >= 15 is 0 Å². The molecule has 1 aromatic carbocycles. The Hall–Kier alpha value is -2.32. The maximum atomic E-state index is 9.09. The molecule has 0 unspecified atom stereocenters. The molecule has 0 aliphatic carbocycles. The maximum absolute atomic E-state index is 9.09. The number of hydrogen-bond donors (Lipinski definition) is 0. The van der Waals surface area contributed by atoms with Gasteiger partial charge in [0.2, 0.25) is 0 Å². The predicted molar refractivity (Wildman–Crippen MR) is 77.8 cm³/mol. The van der Waals surface area contributed by atoms with Crippen molar-refractivity contribution in [1.82, 2.24) is 9.78 Å². The molecule has 5 nitrogen and oxygen atoms in total. The van der Waals surface area contributed by atoms with E-state index in [2.05, 4.69) is 16.2 Å². The summed E-state index contributed by atoms with van der Waals surface area (Å²) in [6.45, 7) is 4.29. The van der Waals surface area contributed by atoms with Crippen LogP contribution in [0.5, 0.6) is 0 Å². The van der Waals surface area contributed by atoms with Crippen molar-refractivity contribution in [3.63, 3.8) is 0 Å². The maximum Gasteiger partial charge on any atom is 0.176 e. The van der Waals surface area contributed by atoms with Crippen LogP contribution in [-0.2, 0) is 4.74 Å². The molecule has 0 N–H and O–H groups in total. The van der Waals surface area contributed by atoms with Crippen LogP contribution in [0.2, 0.25) is 5.02 Å². The summed E-state index contributed by atoms with van der Waals surface area (Å²) in [7, 11) is 0. The number of benzene rings is 1. The van der Waals surface area contributed by atoms with Gasteiger partial charge in [-0.05, 0) is 31.5 Å². The summed E-state index contributed by atoms with van der Waals surface area (Å²) in [6, 6.07) is 7.60. The highest BCUT2D eigenvalue weighted by Gasteiger charge is 2.11. The first kappa shape index (κ1) is 14.1. The lowest BCUT2D eigenvalue weighted by atomic mass is 10.2. The number of rotatable bonds is 4. The van der Waals surface area contributed by atoms with Crippen LogP contribution in [-0.4, -0.2) is 22.8 Å². The molecule has 0 amide bonds. The molecule has 102 valence electrons. The summed E-state index contributed by atoms with van der Waals surface area (Å²) in [6.07, 6.45) is 2.77. The van der Waals surface area contributed by atoms with E-state index in [1.54, 1.807) is 10.7 Å². The van der Waals surface area contributed by atoms with Gasteiger partial charge in [-0.1, -0.05) is 17.7 Å². The van der Waals surface area contributed by atoms with E-state index in [0.29, 0.717) is 23.0 Å². The van der Waals surface area contributed by atoms with Crippen LogP contribution in [0.3, 0.4) is 0 Å². The first-order chi connectivity index (χ1) is 9.67. The second-order valence-corrected chi connectivity index (χ2v) is 4.44. The molecular weight excluding hydrogens is 276 g/mol. The van der Waals surface area contributed by atoms with Crippen molar-refractivity contribution in [2.24, 2.45) is 4.99 Å². The van der Waals surface area contributed by atoms with Gasteiger partial charge in [-0.3, -0.25) is 0 Å². The monoisotopic (exact) mass is 288 g/mol. The number of nitriles is 1. The third kappa shape index (κ3) is 2.81. The number of aromatic nitrogens is 2. The zero-order valence-electron chi connectivity index (χ0n) is 11.2. The molecule has 2 rings (SSSR count). The standard InChI is InChI=1S/C14H13ClN4O/c1-3-20-9-17-14-11(7-16)8-18-19(14)12-5-4-10(2)13(15)6-12/h4-6,8-9H,3H2,1-2H3/b17-9+. The van der Waals surface area contributed by atoms with Gasteiger partial charge < -0.3 is 4.74 Å². The van der Waals surface area contributed by atoms with E-state index in [-0.39, 0.29) is 0 Å². The third-order valence-electron chi connectivity index (χ3n) is 2.68. The Kier molecular flexibility index (Phi) is 4.38. The lowest BCUT2D eigenvalue weighted by Crippen LogP contribution is -1.97. The largest absolute Gasteiger partial charge is 0.483 e. The third-order valence-corrected chi connectivity index (χ3v) is 3.09. The Morgan fingerprint density at radius 2 is 2.35 bits per heavy atom. The van der Waals surface area contributed by atoms with Gasteiger partial charge in [-0.15, -0.1) is 0 Å². The van der Waals surface area contributed by atoms with E-state index in [0.717, 1.165) is 11.3 Å². The number of ether oxygens (including phenoxy) is 1. The molecule has 1 aromatic heterocycles. The number of aliphatic imine (C=N–C) groups is 1. The molecule has 1 heterocycles. The highest BCUT2D eigenvalue weighted by Crippen LogP contribution is 2.25. The summed E-state index contributed by atoms with van der Waals surface area (Å²) in [5.74, 6) is 0.417. The van der Waals surface area contributed by atoms with Gasteiger partial charge in [0.1, 0.15) is 11.6 Å². The van der Waals surface area contributed by atoms with Gasteiger partial charge in [0.05, 0.1) is 18.5 Å². The van der Waals surface area contributed by atoms with Crippen molar-refractivity contribution in [2.45, 2.75) is 13.8 Å². The fourth-order valence-electron chi connectivity index (χ4n) is 1.61. The molecule has 0 atom stereocenters. The molecule has 0 fully saturated rings. The van der Waals surface area contributed by atoms with Crippen LogP contribution >= 0.6 is 11.6 Å². The Morgan fingerprint density at radius 3 is 3.00 bits per heavy atom. The van der Waals surface area contributed by atoms with Crippen molar-refractivity contribution in [3.8, 4) is 11.8 Å². The Bertz CT molecular complexity index is 685. The van der Waals surface area contributed by atoms with Gasteiger partial charge in [0.15, 0.2) is 12.2 Å². The zero-order chi connectivity index (χ0) is 14.5. The fourth-order valence-corrected chi connectivity index (χ4v) is 1.78. The average molecular weight is 289 g/mol. The highest BCUT2D eigenvalue weighted by molar-refractivity contribution is 6.31. The van der Waals surface area contributed by atoms with Crippen molar-refractivity contribution < 1.29 is 4.74 Å². The van der Waals surface area contributed by atoms with Gasteiger partial charge in [-0.25, -0.2) is 4.68 Å². The number of hydrogen-bond acceptors (Lipinski definition) is 4. The minimum atomic E-state index is 0.373. The molecule has 0 aliphatic rings. The van der Waals surface area contributed by atoms with E-state index in [1.165, 1.54) is 12.6 Å². The average Bonchev–Trinajstić information content (AvgIpc) is 2.85. The molecule has 2 aromatic rings. The zero-order valence-corrected chi connectivity index (χ0v) is 11.9. The van der Waals surface area contributed by atoms with Crippen LogP contribution < -0.4 is 0 Å². The first-order valence-corrected chi connectivity index (χ1v) is 6.44. The second-order valence-electron chi connectivity index (χ2n) is 4.03. The first-order valence-electron chi connectivity index (χ1n) is 6.06. The quantitative estimate of drug-likeness (QED) is 0.640. The van der Waals surface area contributed by atoms with Crippen molar-refractivity contribution >= 4 is 23.8 Å². The van der Waals surface area contributed by atoms with Crippen LogP contribution in [0.1, 0.15) is 18.1 Å². The summed E-state index contributed by atoms with van der Waals surface area (Å²) in [5.41, 5.74) is 2.09. The molecule has 0 spiro atoms. The summed E-state index contributed by atoms with van der Waals surface area (Å²) in [4.78, 5) is 4.14. The molecule has 0 radical (unpaired) electrons. The minimum Gasteiger partial charge on any atom is -0.483 e. The van der Waals surface area contributed by atoms with Crippen molar-refractivity contribution in [1.29, 1.82) is 5.26 Å². The molecule has 0 saturated heterocycles. The Labute approximate surface area is 122 Å². The highest BCUT2D eigenvalue weighted by atomic mass is 35.5. The Balaban J connectivity index is 2.48. The SMILES string of the molecule is CCO/C=N/c1c(C#N)cnn1-c1ccc(C)c(Cl)c1. The van der Waals surface area contributed by atoms with Crippen LogP contribution in [0, 0.1) is 18.3 Å². The second kappa shape index (κ2) is 6.22. The number of aryl methyl sites for hydroxylation is 1. The molecule has 0 bridgehead atoms. The smallest absolute Gasteiger partial charge is 0.176 e. The predicted octanol–water partition coefficient (Wildman–Crippen LogP) is 3.40. The van der Waals surface area contributed by atoms with E-state index in [1.807, 2.05) is 26.0 Å². The summed E-state index contributed by atoms with van der Waals surface area (Å²) < 4.78 is 6.63. The number of halogens is 1. The lowest BCUT2D eigenvalue weighted by molar-refractivity contribution is 0.343. The molecule has 6 heteroatoms. The van der Waals surface area contributed by atoms with Gasteiger partial charge in [0, 0.05) is 5.02 Å². The van der Waals surface area contributed by atoms with E-state index < -0.39 is 0 Å². The van der Waals surface area contributed by atoms with Crippen molar-refractivity contribution in [3.05, 3.63) is 40.5 Å². The fraction of sp³-hybridized carbons (Fsp3) is 0.214. The Morgan fingerprint density at radius 1 is 1.55 bits per heavy atom. The van der Waals surface area contributed by atoms with Crippen molar-refractivity contribution in [2.75, 3.05) is 6.61 Å². The lowest BCUT2D eigenvalue weighted by Gasteiger charge is -2.06. The summed E-state index contributed by atoms with van der Waals surface area (Å²) >= 11 is 6.11. The molecule has 0 saturated carbocycles. The number of nitrogens with zero attached hydrogens (tertiary/aromatic N) is 4. The van der Waals surface area contributed by atoms with E-state index in [4.69, 9.17) is 21.6 Å².